The molecule has 0 bridgehead atoms. The topological polar surface area (TPSA) is 50.4 Å². The van der Waals surface area contributed by atoms with Gasteiger partial charge in [0.25, 0.3) is 0 Å². The second-order valence-electron chi connectivity index (χ2n) is 5.64. The van der Waals surface area contributed by atoms with Gasteiger partial charge < -0.3 is 15.4 Å². The standard InChI is InChI=1S/C13H22N2O2/c16-12(10-2-1-3-10)15-11-4-9-17-13(11)5-7-14-8-6-13/h10-11,14H,1-9H2,(H,15,16). The zero-order chi connectivity index (χ0) is 11.7. The van der Waals surface area contributed by atoms with Crippen molar-refractivity contribution < 1.29 is 9.53 Å². The fourth-order valence-electron chi connectivity index (χ4n) is 3.25. The van der Waals surface area contributed by atoms with Crippen molar-refractivity contribution in [1.82, 2.24) is 10.6 Å². The zero-order valence-corrected chi connectivity index (χ0v) is 10.3. The molecule has 0 aromatic heterocycles. The van der Waals surface area contributed by atoms with E-state index in [9.17, 15) is 4.79 Å². The SMILES string of the molecule is O=C(NC1CCOC12CCNCC2)C1CCC1. The Morgan fingerprint density at radius 3 is 2.65 bits per heavy atom. The Hall–Kier alpha value is -0.610. The molecular weight excluding hydrogens is 216 g/mol. The first kappa shape index (κ1) is 11.5. The smallest absolute Gasteiger partial charge is 0.223 e. The summed E-state index contributed by atoms with van der Waals surface area (Å²) in [7, 11) is 0. The summed E-state index contributed by atoms with van der Waals surface area (Å²) in [6, 6.07) is 0.248. The molecule has 96 valence electrons. The highest BCUT2D eigenvalue weighted by Crippen LogP contribution is 2.35. The number of carbonyl (C=O) groups excluding carboxylic acids is 1. The van der Waals surface area contributed by atoms with Gasteiger partial charge in [0.2, 0.25) is 5.91 Å². The molecule has 2 aliphatic heterocycles. The summed E-state index contributed by atoms with van der Waals surface area (Å²) in [6.07, 6.45) is 6.42. The first-order valence-electron chi connectivity index (χ1n) is 6.95. The minimum atomic E-state index is -0.0648. The van der Waals surface area contributed by atoms with Crippen LogP contribution in [0.25, 0.3) is 0 Å². The predicted molar refractivity (Wildman–Crippen MR) is 64.7 cm³/mol. The van der Waals surface area contributed by atoms with Gasteiger partial charge in [-0.05, 0) is 45.2 Å². The van der Waals surface area contributed by atoms with E-state index in [0.29, 0.717) is 0 Å². The molecule has 3 rings (SSSR count). The molecule has 3 aliphatic rings. The molecule has 2 N–H and O–H groups in total. The molecule has 0 radical (unpaired) electrons. The lowest BCUT2D eigenvalue weighted by atomic mass is 9.82. The van der Waals surface area contributed by atoms with Crippen LogP contribution in [0.15, 0.2) is 0 Å². The maximum Gasteiger partial charge on any atom is 0.223 e. The summed E-state index contributed by atoms with van der Waals surface area (Å²) in [6.45, 7) is 2.82. The van der Waals surface area contributed by atoms with E-state index in [0.717, 1.165) is 51.8 Å². The Kier molecular flexibility index (Phi) is 3.09. The number of hydrogen-bond donors (Lipinski definition) is 2. The molecule has 1 amide bonds. The van der Waals surface area contributed by atoms with Crippen molar-refractivity contribution in [3.63, 3.8) is 0 Å². The van der Waals surface area contributed by atoms with Crippen molar-refractivity contribution in [3.8, 4) is 0 Å². The number of amides is 1. The van der Waals surface area contributed by atoms with E-state index in [-0.39, 0.29) is 23.5 Å². The van der Waals surface area contributed by atoms with Crippen LogP contribution in [-0.4, -0.2) is 37.2 Å². The van der Waals surface area contributed by atoms with Crippen LogP contribution in [0, 0.1) is 5.92 Å². The van der Waals surface area contributed by atoms with Gasteiger partial charge in [-0.3, -0.25) is 4.79 Å². The van der Waals surface area contributed by atoms with Crippen LogP contribution in [0.4, 0.5) is 0 Å². The summed E-state index contributed by atoms with van der Waals surface area (Å²) in [4.78, 5) is 12.0. The van der Waals surface area contributed by atoms with E-state index in [1.54, 1.807) is 0 Å². The van der Waals surface area contributed by atoms with Gasteiger partial charge in [-0.15, -0.1) is 0 Å². The van der Waals surface area contributed by atoms with Gasteiger partial charge in [0.15, 0.2) is 0 Å². The van der Waals surface area contributed by atoms with Crippen LogP contribution in [0.2, 0.25) is 0 Å². The number of ether oxygens (including phenoxy) is 1. The quantitative estimate of drug-likeness (QED) is 0.748. The Labute approximate surface area is 102 Å². The van der Waals surface area contributed by atoms with Crippen LogP contribution in [0.3, 0.4) is 0 Å². The Bertz CT molecular complexity index is 296. The van der Waals surface area contributed by atoms with Gasteiger partial charge in [-0.2, -0.15) is 0 Å². The summed E-state index contributed by atoms with van der Waals surface area (Å²) in [5.41, 5.74) is -0.0648. The van der Waals surface area contributed by atoms with Crippen molar-refractivity contribution in [2.24, 2.45) is 5.92 Å². The van der Waals surface area contributed by atoms with Crippen LogP contribution < -0.4 is 10.6 Å². The van der Waals surface area contributed by atoms with E-state index in [1.807, 2.05) is 0 Å². The zero-order valence-electron chi connectivity index (χ0n) is 10.3. The maximum absolute atomic E-state index is 12.0. The van der Waals surface area contributed by atoms with Gasteiger partial charge >= 0.3 is 0 Å². The predicted octanol–water partition coefficient (Wildman–Crippen LogP) is 0.814. The van der Waals surface area contributed by atoms with Gasteiger partial charge in [-0.1, -0.05) is 6.42 Å². The van der Waals surface area contributed by atoms with E-state index in [2.05, 4.69) is 10.6 Å². The summed E-state index contributed by atoms with van der Waals surface area (Å²) < 4.78 is 5.97. The average molecular weight is 238 g/mol. The lowest BCUT2D eigenvalue weighted by Gasteiger charge is -2.39. The van der Waals surface area contributed by atoms with E-state index in [4.69, 9.17) is 4.74 Å². The highest BCUT2D eigenvalue weighted by atomic mass is 16.5. The molecule has 0 aromatic rings. The lowest BCUT2D eigenvalue weighted by Crippen LogP contribution is -2.56. The van der Waals surface area contributed by atoms with Gasteiger partial charge in [0.1, 0.15) is 0 Å². The molecule has 4 heteroatoms. The largest absolute Gasteiger partial charge is 0.373 e. The third kappa shape index (κ3) is 2.08. The first-order chi connectivity index (χ1) is 8.30. The third-order valence-corrected chi connectivity index (χ3v) is 4.67. The van der Waals surface area contributed by atoms with Gasteiger partial charge in [0.05, 0.1) is 11.6 Å². The lowest BCUT2D eigenvalue weighted by molar-refractivity contribution is -0.130. The fraction of sp³-hybridized carbons (Fsp3) is 0.923. The molecule has 2 saturated heterocycles. The molecule has 4 nitrogen and oxygen atoms in total. The molecule has 1 atom stereocenters. The first-order valence-corrected chi connectivity index (χ1v) is 6.95. The summed E-state index contributed by atoms with van der Waals surface area (Å²) >= 11 is 0. The van der Waals surface area contributed by atoms with Crippen molar-refractivity contribution in [1.29, 1.82) is 0 Å². The molecule has 0 aromatic carbocycles. The molecule has 1 saturated carbocycles. The van der Waals surface area contributed by atoms with Gasteiger partial charge in [0, 0.05) is 12.5 Å². The second kappa shape index (κ2) is 4.58. The minimum absolute atomic E-state index is 0.0648. The van der Waals surface area contributed by atoms with Crippen LogP contribution in [-0.2, 0) is 9.53 Å². The van der Waals surface area contributed by atoms with Crippen molar-refractivity contribution >= 4 is 5.91 Å². The van der Waals surface area contributed by atoms with Gasteiger partial charge in [-0.25, -0.2) is 0 Å². The number of hydrogen-bond acceptors (Lipinski definition) is 3. The Balaban J connectivity index is 1.62. The molecule has 3 fully saturated rings. The van der Waals surface area contributed by atoms with Crippen molar-refractivity contribution in [2.45, 2.75) is 50.2 Å². The van der Waals surface area contributed by atoms with Crippen molar-refractivity contribution in [3.05, 3.63) is 0 Å². The minimum Gasteiger partial charge on any atom is -0.373 e. The van der Waals surface area contributed by atoms with Crippen LogP contribution >= 0.6 is 0 Å². The summed E-state index contributed by atoms with van der Waals surface area (Å²) in [5, 5.41) is 6.61. The van der Waals surface area contributed by atoms with E-state index >= 15 is 0 Å². The van der Waals surface area contributed by atoms with Crippen LogP contribution in [0.1, 0.15) is 38.5 Å². The second-order valence-corrected chi connectivity index (χ2v) is 5.64. The molecule has 1 spiro atoms. The van der Waals surface area contributed by atoms with Crippen LogP contribution in [0.5, 0.6) is 0 Å². The summed E-state index contributed by atoms with van der Waals surface area (Å²) in [5.74, 6) is 0.555. The number of piperidine rings is 1. The molecule has 2 heterocycles. The molecular formula is C13H22N2O2. The number of rotatable bonds is 2. The van der Waals surface area contributed by atoms with E-state index in [1.165, 1.54) is 6.42 Å². The normalized spacial score (nSPS) is 32.4. The van der Waals surface area contributed by atoms with E-state index < -0.39 is 0 Å². The molecule has 17 heavy (non-hydrogen) atoms. The highest BCUT2D eigenvalue weighted by molar-refractivity contribution is 5.79. The third-order valence-electron chi connectivity index (χ3n) is 4.67. The maximum atomic E-state index is 12.0. The Morgan fingerprint density at radius 1 is 1.24 bits per heavy atom. The average Bonchev–Trinajstić information content (AvgIpc) is 2.60. The highest BCUT2D eigenvalue weighted by Gasteiger charge is 2.46. The molecule has 1 unspecified atom stereocenters. The monoisotopic (exact) mass is 238 g/mol. The Morgan fingerprint density at radius 2 is 2.00 bits per heavy atom. The molecule has 1 aliphatic carbocycles. The fourth-order valence-corrected chi connectivity index (χ4v) is 3.25. The number of nitrogens with one attached hydrogen (secondary N) is 2. The van der Waals surface area contributed by atoms with Crippen molar-refractivity contribution in [2.75, 3.05) is 19.7 Å². The number of carbonyl (C=O) groups is 1.